The Kier molecular flexibility index (Phi) is 2.44. The number of fused-ring (bicyclic) bond motifs is 1. The first-order valence-electron chi connectivity index (χ1n) is 4.95. The second-order valence-corrected chi connectivity index (χ2v) is 3.91. The Labute approximate surface area is 84.1 Å². The highest BCUT2D eigenvalue weighted by molar-refractivity contribution is 5.52. The summed E-state index contributed by atoms with van der Waals surface area (Å²) in [7, 11) is 0. The van der Waals surface area contributed by atoms with Gasteiger partial charge in [0.25, 0.3) is 0 Å². The van der Waals surface area contributed by atoms with E-state index < -0.39 is 0 Å². The molecule has 74 valence electrons. The Morgan fingerprint density at radius 1 is 1.36 bits per heavy atom. The van der Waals surface area contributed by atoms with Crippen LogP contribution >= 0.6 is 0 Å². The van der Waals surface area contributed by atoms with Crippen molar-refractivity contribution in [2.75, 3.05) is 6.61 Å². The summed E-state index contributed by atoms with van der Waals surface area (Å²) in [6.07, 6.45) is 4.04. The van der Waals surface area contributed by atoms with E-state index in [4.69, 9.17) is 4.74 Å². The third kappa shape index (κ3) is 1.90. The lowest BCUT2D eigenvalue weighted by Crippen LogP contribution is -2.03. The summed E-state index contributed by atoms with van der Waals surface area (Å²) in [5.41, 5.74) is 1.17. The molecule has 0 N–H and O–H groups in total. The van der Waals surface area contributed by atoms with Crippen molar-refractivity contribution in [3.63, 3.8) is 0 Å². The monoisotopic (exact) mass is 189 g/mol. The van der Waals surface area contributed by atoms with E-state index in [-0.39, 0.29) is 0 Å². The average molecular weight is 189 g/mol. The quantitative estimate of drug-likeness (QED) is 0.723. The van der Waals surface area contributed by atoms with E-state index in [1.165, 1.54) is 5.52 Å². The third-order valence-corrected chi connectivity index (χ3v) is 2.06. The first-order valence-corrected chi connectivity index (χ1v) is 4.95. The van der Waals surface area contributed by atoms with Gasteiger partial charge in [0, 0.05) is 17.8 Å². The molecule has 2 heterocycles. The van der Waals surface area contributed by atoms with Crippen LogP contribution in [-0.4, -0.2) is 11.0 Å². The Balaban J connectivity index is 2.19. The van der Waals surface area contributed by atoms with E-state index in [1.807, 2.05) is 24.5 Å². The first kappa shape index (κ1) is 9.13. The summed E-state index contributed by atoms with van der Waals surface area (Å²) in [5.74, 6) is 1.52. The van der Waals surface area contributed by atoms with Gasteiger partial charge in [-0.05, 0) is 18.1 Å². The number of pyridine rings is 1. The van der Waals surface area contributed by atoms with Crippen molar-refractivity contribution in [2.24, 2.45) is 5.92 Å². The van der Waals surface area contributed by atoms with Gasteiger partial charge in [-0.25, -0.2) is 0 Å². The molecule has 0 aliphatic rings. The first-order chi connectivity index (χ1) is 6.75. The third-order valence-electron chi connectivity index (χ3n) is 2.06. The van der Waals surface area contributed by atoms with Crippen molar-refractivity contribution in [1.82, 2.24) is 4.40 Å². The van der Waals surface area contributed by atoms with Crippen LogP contribution in [0.25, 0.3) is 5.52 Å². The molecule has 2 aromatic heterocycles. The second-order valence-electron chi connectivity index (χ2n) is 3.91. The van der Waals surface area contributed by atoms with Crippen LogP contribution in [0, 0.1) is 5.92 Å². The van der Waals surface area contributed by atoms with Crippen LogP contribution < -0.4 is 4.74 Å². The van der Waals surface area contributed by atoms with Gasteiger partial charge in [-0.1, -0.05) is 19.9 Å². The predicted octanol–water partition coefficient (Wildman–Crippen LogP) is 2.97. The van der Waals surface area contributed by atoms with Gasteiger partial charge in [-0.3, -0.25) is 0 Å². The van der Waals surface area contributed by atoms with Crippen LogP contribution in [0.5, 0.6) is 5.75 Å². The van der Waals surface area contributed by atoms with Crippen LogP contribution in [0.3, 0.4) is 0 Å². The van der Waals surface area contributed by atoms with Crippen LogP contribution in [-0.2, 0) is 0 Å². The smallest absolute Gasteiger partial charge is 0.137 e. The van der Waals surface area contributed by atoms with E-state index in [0.717, 1.165) is 12.4 Å². The Morgan fingerprint density at radius 3 is 2.93 bits per heavy atom. The zero-order valence-corrected chi connectivity index (χ0v) is 8.60. The normalized spacial score (nSPS) is 11.1. The molecule has 0 amide bonds. The maximum atomic E-state index is 5.63. The molecule has 0 saturated carbocycles. The van der Waals surface area contributed by atoms with Gasteiger partial charge in [0.2, 0.25) is 0 Å². The maximum Gasteiger partial charge on any atom is 0.137 e. The van der Waals surface area contributed by atoms with Crippen LogP contribution in [0.1, 0.15) is 13.8 Å². The van der Waals surface area contributed by atoms with E-state index in [1.54, 1.807) is 0 Å². The lowest BCUT2D eigenvalue weighted by Gasteiger charge is -2.05. The molecule has 0 aliphatic heterocycles. The average Bonchev–Trinajstić information content (AvgIpc) is 2.57. The molecule has 14 heavy (non-hydrogen) atoms. The molecule has 2 nitrogen and oxygen atoms in total. The van der Waals surface area contributed by atoms with Crippen molar-refractivity contribution < 1.29 is 4.74 Å². The van der Waals surface area contributed by atoms with Gasteiger partial charge in [-0.2, -0.15) is 0 Å². The molecule has 0 aromatic carbocycles. The van der Waals surface area contributed by atoms with E-state index in [9.17, 15) is 0 Å². The fourth-order valence-electron chi connectivity index (χ4n) is 1.37. The Morgan fingerprint density at radius 2 is 2.21 bits per heavy atom. The van der Waals surface area contributed by atoms with E-state index in [2.05, 4.69) is 30.4 Å². The molecular formula is C12H15NO. The fraction of sp³-hybridized carbons (Fsp3) is 0.333. The van der Waals surface area contributed by atoms with Gasteiger partial charge < -0.3 is 9.14 Å². The summed E-state index contributed by atoms with van der Waals surface area (Å²) in [6, 6.07) is 8.17. The SMILES string of the molecule is CC(C)COc1cc2ccccn2c1. The summed E-state index contributed by atoms with van der Waals surface area (Å²) in [5, 5.41) is 0. The van der Waals surface area contributed by atoms with E-state index in [0.29, 0.717) is 5.92 Å². The van der Waals surface area contributed by atoms with Gasteiger partial charge in [0.1, 0.15) is 5.75 Å². The topological polar surface area (TPSA) is 13.6 Å². The van der Waals surface area contributed by atoms with Crippen molar-refractivity contribution in [3.8, 4) is 5.75 Å². The molecular weight excluding hydrogens is 174 g/mol. The van der Waals surface area contributed by atoms with Crippen molar-refractivity contribution in [3.05, 3.63) is 36.7 Å². The standard InChI is InChI=1S/C12H15NO/c1-10(2)9-14-12-7-11-5-3-4-6-13(11)8-12/h3-8,10H,9H2,1-2H3. The number of rotatable bonds is 3. The summed E-state index contributed by atoms with van der Waals surface area (Å²) in [6.45, 7) is 5.07. The Hall–Kier alpha value is -1.44. The number of aromatic nitrogens is 1. The van der Waals surface area contributed by atoms with Gasteiger partial charge in [0.15, 0.2) is 0 Å². The minimum atomic E-state index is 0.568. The van der Waals surface area contributed by atoms with Crippen molar-refractivity contribution >= 4 is 5.52 Å². The van der Waals surface area contributed by atoms with Crippen LogP contribution in [0.2, 0.25) is 0 Å². The summed E-state index contributed by atoms with van der Waals surface area (Å²) < 4.78 is 7.70. The molecule has 2 aromatic rings. The molecule has 0 unspecified atom stereocenters. The minimum absolute atomic E-state index is 0.568. The molecule has 2 heteroatoms. The minimum Gasteiger partial charge on any atom is -0.492 e. The predicted molar refractivity (Wildman–Crippen MR) is 57.7 cm³/mol. The molecule has 0 fully saturated rings. The highest BCUT2D eigenvalue weighted by Gasteiger charge is 2.00. The van der Waals surface area contributed by atoms with Crippen LogP contribution in [0.4, 0.5) is 0 Å². The van der Waals surface area contributed by atoms with Gasteiger partial charge >= 0.3 is 0 Å². The van der Waals surface area contributed by atoms with Crippen molar-refractivity contribution in [1.29, 1.82) is 0 Å². The van der Waals surface area contributed by atoms with Gasteiger partial charge in [-0.15, -0.1) is 0 Å². The van der Waals surface area contributed by atoms with Gasteiger partial charge in [0.05, 0.1) is 12.8 Å². The molecule has 0 spiro atoms. The fourth-order valence-corrected chi connectivity index (χ4v) is 1.37. The lowest BCUT2D eigenvalue weighted by atomic mass is 10.2. The molecule has 0 radical (unpaired) electrons. The zero-order valence-electron chi connectivity index (χ0n) is 8.60. The highest BCUT2D eigenvalue weighted by atomic mass is 16.5. The van der Waals surface area contributed by atoms with E-state index >= 15 is 0 Å². The van der Waals surface area contributed by atoms with Crippen molar-refractivity contribution in [2.45, 2.75) is 13.8 Å². The Bertz CT molecular complexity index is 384. The zero-order chi connectivity index (χ0) is 9.97. The summed E-state index contributed by atoms with van der Waals surface area (Å²) >= 11 is 0. The molecule has 0 aliphatic carbocycles. The lowest BCUT2D eigenvalue weighted by molar-refractivity contribution is 0.271. The van der Waals surface area contributed by atoms with Crippen LogP contribution in [0.15, 0.2) is 36.7 Å². The number of hydrogen-bond donors (Lipinski definition) is 0. The summed E-state index contributed by atoms with van der Waals surface area (Å²) in [4.78, 5) is 0. The molecule has 2 rings (SSSR count). The highest BCUT2D eigenvalue weighted by Crippen LogP contribution is 2.17. The number of ether oxygens (including phenoxy) is 1. The second kappa shape index (κ2) is 3.74. The number of hydrogen-bond acceptors (Lipinski definition) is 1. The molecule has 0 bridgehead atoms. The molecule has 0 saturated heterocycles. The largest absolute Gasteiger partial charge is 0.492 e. The number of nitrogens with zero attached hydrogens (tertiary/aromatic N) is 1. The maximum absolute atomic E-state index is 5.63. The molecule has 0 atom stereocenters.